The number of sulfonamides is 2. The van der Waals surface area contributed by atoms with Gasteiger partial charge in [-0.2, -0.15) is 0 Å². The fourth-order valence-corrected chi connectivity index (χ4v) is 2.78. The molecule has 0 saturated carbocycles. The van der Waals surface area contributed by atoms with Gasteiger partial charge in [-0.1, -0.05) is 11.8 Å². The van der Waals surface area contributed by atoms with E-state index in [9.17, 15) is 16.8 Å². The molecule has 0 atom stereocenters. The smallest absolute Gasteiger partial charge is 0.242 e. The van der Waals surface area contributed by atoms with E-state index < -0.39 is 20.0 Å². The van der Waals surface area contributed by atoms with Gasteiger partial charge in [0, 0.05) is 31.0 Å². The van der Waals surface area contributed by atoms with Crippen LogP contribution in [0.3, 0.4) is 0 Å². The Kier molecular flexibility index (Phi) is 6.25. The molecule has 0 saturated heterocycles. The molecule has 0 aliphatic heterocycles. The molecule has 0 spiro atoms. The zero-order valence-electron chi connectivity index (χ0n) is 11.3. The van der Waals surface area contributed by atoms with Crippen LogP contribution in [-0.2, 0) is 20.0 Å². The van der Waals surface area contributed by atoms with Crippen molar-refractivity contribution in [3.8, 4) is 11.8 Å². The number of pyridine rings is 1. The SMILES string of the molecule is CS(=O)(=O)NCCNS(=O)(=O)c1cncc(C#CCN)c1. The number of rotatable bonds is 6. The molecule has 0 fully saturated rings. The molecule has 1 heterocycles. The molecule has 1 aromatic rings. The fourth-order valence-electron chi connectivity index (χ4n) is 1.29. The van der Waals surface area contributed by atoms with E-state index in [1.54, 1.807) is 0 Å². The third kappa shape index (κ3) is 6.65. The van der Waals surface area contributed by atoms with Crippen LogP contribution in [0.2, 0.25) is 0 Å². The highest BCUT2D eigenvalue weighted by Gasteiger charge is 2.14. The minimum atomic E-state index is -3.77. The summed E-state index contributed by atoms with van der Waals surface area (Å²) in [5.74, 6) is 5.28. The third-order valence-electron chi connectivity index (χ3n) is 2.14. The Balaban J connectivity index is 2.74. The van der Waals surface area contributed by atoms with E-state index in [0.29, 0.717) is 5.56 Å². The maximum Gasteiger partial charge on any atom is 0.242 e. The topological polar surface area (TPSA) is 131 Å². The van der Waals surface area contributed by atoms with Gasteiger partial charge in [0.05, 0.1) is 12.8 Å². The van der Waals surface area contributed by atoms with Crippen molar-refractivity contribution in [1.82, 2.24) is 14.4 Å². The number of nitrogens with zero attached hydrogens (tertiary/aromatic N) is 1. The first-order valence-electron chi connectivity index (χ1n) is 5.83. The average Bonchev–Trinajstić information content (AvgIpc) is 2.41. The molecule has 0 radical (unpaired) electrons. The molecule has 8 nitrogen and oxygen atoms in total. The normalized spacial score (nSPS) is 11.7. The van der Waals surface area contributed by atoms with Gasteiger partial charge in [0.1, 0.15) is 4.90 Å². The van der Waals surface area contributed by atoms with Crippen molar-refractivity contribution in [1.29, 1.82) is 0 Å². The largest absolute Gasteiger partial charge is 0.320 e. The highest BCUT2D eigenvalue weighted by molar-refractivity contribution is 7.89. The second kappa shape index (κ2) is 7.48. The molecular weight excluding hydrogens is 316 g/mol. The minimum Gasteiger partial charge on any atom is -0.320 e. The second-order valence-corrected chi connectivity index (χ2v) is 7.58. The van der Waals surface area contributed by atoms with Crippen LogP contribution in [0.4, 0.5) is 0 Å². The Hall–Kier alpha value is -1.51. The van der Waals surface area contributed by atoms with E-state index in [4.69, 9.17) is 5.73 Å². The number of nitrogens with one attached hydrogen (secondary N) is 2. The lowest BCUT2D eigenvalue weighted by molar-refractivity contribution is 0.573. The first-order valence-corrected chi connectivity index (χ1v) is 9.20. The summed E-state index contributed by atoms with van der Waals surface area (Å²) >= 11 is 0. The van der Waals surface area contributed by atoms with Crippen molar-refractivity contribution in [2.45, 2.75) is 4.90 Å². The monoisotopic (exact) mass is 332 g/mol. The van der Waals surface area contributed by atoms with E-state index in [1.807, 2.05) is 0 Å². The molecule has 1 rings (SSSR count). The van der Waals surface area contributed by atoms with Crippen LogP contribution in [0, 0.1) is 11.8 Å². The van der Waals surface area contributed by atoms with Crippen LogP contribution < -0.4 is 15.2 Å². The summed E-state index contributed by atoms with van der Waals surface area (Å²) in [6, 6.07) is 1.36. The van der Waals surface area contributed by atoms with Crippen LogP contribution in [0.1, 0.15) is 5.56 Å². The lowest BCUT2D eigenvalue weighted by Gasteiger charge is -2.07. The van der Waals surface area contributed by atoms with Crippen molar-refractivity contribution in [2.75, 3.05) is 25.9 Å². The van der Waals surface area contributed by atoms with Crippen molar-refractivity contribution in [3.05, 3.63) is 24.0 Å². The van der Waals surface area contributed by atoms with Crippen LogP contribution in [-0.4, -0.2) is 47.7 Å². The Labute approximate surface area is 124 Å². The van der Waals surface area contributed by atoms with Gasteiger partial charge < -0.3 is 5.73 Å². The van der Waals surface area contributed by atoms with Crippen LogP contribution in [0.5, 0.6) is 0 Å². The van der Waals surface area contributed by atoms with Gasteiger partial charge in [-0.25, -0.2) is 26.3 Å². The predicted molar refractivity (Wildman–Crippen MR) is 78.2 cm³/mol. The van der Waals surface area contributed by atoms with Crippen molar-refractivity contribution in [3.63, 3.8) is 0 Å². The van der Waals surface area contributed by atoms with Gasteiger partial charge in [0.15, 0.2) is 0 Å². The quantitative estimate of drug-likeness (QED) is 0.417. The van der Waals surface area contributed by atoms with E-state index in [2.05, 4.69) is 26.3 Å². The molecule has 0 bridgehead atoms. The lowest BCUT2D eigenvalue weighted by Crippen LogP contribution is -2.34. The summed E-state index contributed by atoms with van der Waals surface area (Å²) in [5, 5.41) is 0. The molecule has 4 N–H and O–H groups in total. The zero-order valence-corrected chi connectivity index (χ0v) is 13.0. The Morgan fingerprint density at radius 1 is 1.19 bits per heavy atom. The van der Waals surface area contributed by atoms with Gasteiger partial charge in [-0.05, 0) is 6.07 Å². The maximum atomic E-state index is 12.0. The summed E-state index contributed by atoms with van der Waals surface area (Å²) in [7, 11) is -7.12. The Morgan fingerprint density at radius 3 is 2.48 bits per heavy atom. The van der Waals surface area contributed by atoms with Gasteiger partial charge in [-0.3, -0.25) is 4.98 Å². The first-order chi connectivity index (χ1) is 9.74. The number of nitrogens with two attached hydrogens (primary N) is 1. The minimum absolute atomic E-state index is 0.0435. The van der Waals surface area contributed by atoms with Gasteiger partial charge in [0.25, 0.3) is 0 Å². The summed E-state index contributed by atoms with van der Waals surface area (Å²) in [5.41, 5.74) is 5.66. The molecule has 0 aliphatic rings. The molecule has 0 amide bonds. The Bertz CT molecular complexity index is 748. The summed E-state index contributed by atoms with van der Waals surface area (Å²) in [4.78, 5) is 3.75. The highest BCUT2D eigenvalue weighted by Crippen LogP contribution is 2.08. The average molecular weight is 332 g/mol. The first kappa shape index (κ1) is 17.5. The van der Waals surface area contributed by atoms with Crippen molar-refractivity contribution >= 4 is 20.0 Å². The lowest BCUT2D eigenvalue weighted by atomic mass is 10.3. The molecule has 0 unspecified atom stereocenters. The maximum absolute atomic E-state index is 12.0. The molecule has 0 aliphatic carbocycles. The summed E-state index contributed by atoms with van der Waals surface area (Å²) in [6.45, 7) is 0.0403. The molecular formula is C11H16N4O4S2. The highest BCUT2D eigenvalue weighted by atomic mass is 32.2. The van der Waals surface area contributed by atoms with Crippen LogP contribution >= 0.6 is 0 Å². The molecule has 0 aromatic carbocycles. The van der Waals surface area contributed by atoms with E-state index in [1.165, 1.54) is 18.5 Å². The van der Waals surface area contributed by atoms with Gasteiger partial charge >= 0.3 is 0 Å². The van der Waals surface area contributed by atoms with Crippen LogP contribution in [0.15, 0.2) is 23.4 Å². The summed E-state index contributed by atoms with van der Waals surface area (Å²) in [6.07, 6.45) is 3.60. The summed E-state index contributed by atoms with van der Waals surface area (Å²) < 4.78 is 50.1. The van der Waals surface area contributed by atoms with Crippen molar-refractivity contribution in [2.24, 2.45) is 5.73 Å². The second-order valence-electron chi connectivity index (χ2n) is 3.98. The fraction of sp³-hybridized carbons (Fsp3) is 0.364. The van der Waals surface area contributed by atoms with E-state index in [-0.39, 0.29) is 24.5 Å². The molecule has 21 heavy (non-hydrogen) atoms. The van der Waals surface area contributed by atoms with Crippen LogP contribution in [0.25, 0.3) is 0 Å². The number of hydrogen-bond donors (Lipinski definition) is 3. The molecule has 116 valence electrons. The Morgan fingerprint density at radius 2 is 1.86 bits per heavy atom. The van der Waals surface area contributed by atoms with Crippen molar-refractivity contribution < 1.29 is 16.8 Å². The van der Waals surface area contributed by atoms with E-state index >= 15 is 0 Å². The zero-order chi connectivity index (χ0) is 15.9. The van der Waals surface area contributed by atoms with E-state index in [0.717, 1.165) is 6.26 Å². The standard InChI is InChI=1S/C11H16N4O4S2/c1-20(16,17)14-5-6-15-21(18,19)11-7-10(3-2-4-12)8-13-9-11/h7-9,14-15H,4-6,12H2,1H3. The van der Waals surface area contributed by atoms with Gasteiger partial charge in [0.2, 0.25) is 20.0 Å². The third-order valence-corrected chi connectivity index (χ3v) is 4.30. The number of hydrogen-bond acceptors (Lipinski definition) is 6. The van der Waals surface area contributed by atoms with Gasteiger partial charge in [-0.15, -0.1) is 0 Å². The predicted octanol–water partition coefficient (Wildman–Crippen LogP) is -1.78. The number of aromatic nitrogens is 1. The molecule has 1 aromatic heterocycles. The molecule has 10 heteroatoms.